The molecule has 124 valence electrons. The summed E-state index contributed by atoms with van der Waals surface area (Å²) in [6.45, 7) is 5.56. The molecule has 7 heteroatoms. The molecule has 1 aromatic heterocycles. The van der Waals surface area contributed by atoms with E-state index in [1.165, 1.54) is 17.1 Å². The molecule has 3 rings (SSSR count). The molecule has 0 radical (unpaired) electrons. The lowest BCUT2D eigenvalue weighted by atomic mass is 10.2. The normalized spacial score (nSPS) is 15.2. The Morgan fingerprint density at radius 2 is 1.74 bits per heavy atom. The summed E-state index contributed by atoms with van der Waals surface area (Å²) in [5.74, 6) is 0. The van der Waals surface area contributed by atoms with E-state index in [1.54, 1.807) is 20.9 Å². The third-order valence-electron chi connectivity index (χ3n) is 4.36. The van der Waals surface area contributed by atoms with Crippen LogP contribution in [-0.2, 0) is 10.0 Å². The molecular weight excluding hydrogens is 312 g/mol. The highest BCUT2D eigenvalue weighted by Crippen LogP contribution is 2.28. The van der Waals surface area contributed by atoms with Crippen LogP contribution in [0.4, 0.5) is 11.4 Å². The number of hydrogen-bond donors (Lipinski definition) is 1. The van der Waals surface area contributed by atoms with Crippen molar-refractivity contribution in [1.29, 1.82) is 0 Å². The molecule has 1 aromatic carbocycles. The van der Waals surface area contributed by atoms with Crippen molar-refractivity contribution in [3.63, 3.8) is 0 Å². The van der Waals surface area contributed by atoms with Crippen LogP contribution in [0.3, 0.4) is 0 Å². The van der Waals surface area contributed by atoms with Gasteiger partial charge in [-0.15, -0.1) is 0 Å². The summed E-state index contributed by atoms with van der Waals surface area (Å²) in [5, 5.41) is 6.72. The Kier molecular flexibility index (Phi) is 4.06. The number of aryl methyl sites for hydroxylation is 2. The van der Waals surface area contributed by atoms with Gasteiger partial charge in [0, 0.05) is 25.8 Å². The fraction of sp³-hybridized carbons (Fsp3) is 0.438. The third kappa shape index (κ3) is 2.81. The molecule has 0 aliphatic carbocycles. The van der Waals surface area contributed by atoms with E-state index >= 15 is 0 Å². The molecule has 1 aliphatic rings. The monoisotopic (exact) mass is 334 g/mol. The van der Waals surface area contributed by atoms with Gasteiger partial charge >= 0.3 is 0 Å². The number of sulfonamides is 1. The van der Waals surface area contributed by atoms with E-state index in [1.807, 2.05) is 24.3 Å². The highest BCUT2D eigenvalue weighted by Gasteiger charge is 2.27. The Balaban J connectivity index is 1.89. The zero-order valence-corrected chi connectivity index (χ0v) is 14.5. The number of nitrogens with one attached hydrogen (secondary N) is 1. The minimum absolute atomic E-state index is 0.253. The summed E-state index contributed by atoms with van der Waals surface area (Å²) in [6.07, 6.45) is 2.43. The van der Waals surface area contributed by atoms with Crippen molar-refractivity contribution >= 4 is 21.4 Å². The molecule has 0 atom stereocenters. The molecule has 6 nitrogen and oxygen atoms in total. The van der Waals surface area contributed by atoms with Crippen molar-refractivity contribution in [2.75, 3.05) is 29.3 Å². The molecule has 1 aliphatic heterocycles. The lowest BCUT2D eigenvalue weighted by Gasteiger charge is -2.22. The maximum Gasteiger partial charge on any atom is 0.267 e. The van der Waals surface area contributed by atoms with Crippen molar-refractivity contribution in [1.82, 2.24) is 10.2 Å². The minimum Gasteiger partial charge on any atom is -0.372 e. The maximum absolute atomic E-state index is 12.8. The van der Waals surface area contributed by atoms with E-state index in [0.29, 0.717) is 17.1 Å². The first-order chi connectivity index (χ1) is 10.9. The number of H-pyrrole nitrogens is 1. The molecule has 1 fully saturated rings. The van der Waals surface area contributed by atoms with Crippen LogP contribution in [0.1, 0.15) is 24.2 Å². The Morgan fingerprint density at radius 3 is 2.26 bits per heavy atom. The number of aromatic amines is 1. The fourth-order valence-electron chi connectivity index (χ4n) is 3.05. The molecule has 2 aromatic rings. The lowest BCUT2D eigenvalue weighted by molar-refractivity contribution is 0.593. The van der Waals surface area contributed by atoms with Gasteiger partial charge < -0.3 is 4.90 Å². The van der Waals surface area contributed by atoms with Gasteiger partial charge in [-0.1, -0.05) is 0 Å². The van der Waals surface area contributed by atoms with Crippen molar-refractivity contribution in [3.8, 4) is 0 Å². The second-order valence-corrected chi connectivity index (χ2v) is 7.85. The average molecular weight is 334 g/mol. The van der Waals surface area contributed by atoms with Crippen LogP contribution in [0, 0.1) is 13.8 Å². The van der Waals surface area contributed by atoms with E-state index in [4.69, 9.17) is 0 Å². The average Bonchev–Trinajstić information content (AvgIpc) is 3.17. The van der Waals surface area contributed by atoms with E-state index < -0.39 is 10.0 Å². The first kappa shape index (κ1) is 15.9. The number of aromatic nitrogens is 2. The highest BCUT2D eigenvalue weighted by atomic mass is 32.2. The first-order valence-corrected chi connectivity index (χ1v) is 9.21. The van der Waals surface area contributed by atoms with E-state index in [-0.39, 0.29) is 4.90 Å². The van der Waals surface area contributed by atoms with Crippen molar-refractivity contribution in [2.24, 2.45) is 0 Å². The maximum atomic E-state index is 12.8. The van der Waals surface area contributed by atoms with E-state index in [2.05, 4.69) is 15.1 Å². The summed E-state index contributed by atoms with van der Waals surface area (Å²) < 4.78 is 27.0. The molecular formula is C16H22N4O2S. The van der Waals surface area contributed by atoms with Gasteiger partial charge in [-0.2, -0.15) is 5.10 Å². The summed E-state index contributed by atoms with van der Waals surface area (Å²) in [4.78, 5) is 2.58. The molecule has 0 saturated carbocycles. The number of anilines is 2. The predicted molar refractivity (Wildman–Crippen MR) is 91.5 cm³/mol. The standard InChI is InChI=1S/C16H22N4O2S/c1-12-16(13(2)18-17-12)23(21,22)19(3)14-6-8-15(9-7-14)20-10-4-5-11-20/h6-9H,4-5,10-11H2,1-3H3,(H,17,18). The molecule has 0 bridgehead atoms. The minimum atomic E-state index is -3.62. The van der Waals surface area contributed by atoms with Crippen LogP contribution in [-0.4, -0.2) is 38.8 Å². The zero-order chi connectivity index (χ0) is 16.6. The topological polar surface area (TPSA) is 69.3 Å². The van der Waals surface area contributed by atoms with Gasteiger partial charge in [0.15, 0.2) is 0 Å². The summed E-state index contributed by atoms with van der Waals surface area (Å²) in [6, 6.07) is 7.69. The number of nitrogens with zero attached hydrogens (tertiary/aromatic N) is 3. The van der Waals surface area contributed by atoms with Crippen LogP contribution in [0.5, 0.6) is 0 Å². The second-order valence-electron chi connectivity index (χ2n) is 5.95. The Bertz CT molecular complexity index is 770. The Morgan fingerprint density at radius 1 is 1.13 bits per heavy atom. The Hall–Kier alpha value is -2.02. The molecule has 1 saturated heterocycles. The van der Waals surface area contributed by atoms with Crippen LogP contribution >= 0.6 is 0 Å². The van der Waals surface area contributed by atoms with Crippen LogP contribution in [0.25, 0.3) is 0 Å². The second kappa shape index (κ2) is 5.88. The van der Waals surface area contributed by atoms with Crippen LogP contribution in [0.15, 0.2) is 29.2 Å². The molecule has 0 unspecified atom stereocenters. The summed E-state index contributed by atoms with van der Waals surface area (Å²) in [7, 11) is -2.04. The lowest BCUT2D eigenvalue weighted by Crippen LogP contribution is -2.27. The van der Waals surface area contributed by atoms with Crippen molar-refractivity contribution < 1.29 is 8.42 Å². The van der Waals surface area contributed by atoms with Gasteiger partial charge in [0.25, 0.3) is 10.0 Å². The molecule has 23 heavy (non-hydrogen) atoms. The molecule has 2 heterocycles. The summed E-state index contributed by atoms with van der Waals surface area (Å²) >= 11 is 0. The predicted octanol–water partition coefficient (Wildman–Crippen LogP) is 2.45. The highest BCUT2D eigenvalue weighted by molar-refractivity contribution is 7.92. The van der Waals surface area contributed by atoms with Crippen molar-refractivity contribution in [3.05, 3.63) is 35.7 Å². The largest absolute Gasteiger partial charge is 0.372 e. The van der Waals surface area contributed by atoms with Crippen LogP contribution < -0.4 is 9.21 Å². The third-order valence-corrected chi connectivity index (χ3v) is 6.41. The van der Waals surface area contributed by atoms with E-state index in [9.17, 15) is 8.42 Å². The number of benzene rings is 1. The van der Waals surface area contributed by atoms with Gasteiger partial charge in [-0.25, -0.2) is 8.42 Å². The number of hydrogen-bond acceptors (Lipinski definition) is 4. The van der Waals surface area contributed by atoms with Gasteiger partial charge in [0.1, 0.15) is 4.90 Å². The summed E-state index contributed by atoms with van der Waals surface area (Å²) in [5.41, 5.74) is 2.84. The first-order valence-electron chi connectivity index (χ1n) is 7.77. The Labute approximate surface area is 137 Å². The van der Waals surface area contributed by atoms with Crippen LogP contribution in [0.2, 0.25) is 0 Å². The zero-order valence-electron chi connectivity index (χ0n) is 13.7. The van der Waals surface area contributed by atoms with Crippen molar-refractivity contribution in [2.45, 2.75) is 31.6 Å². The number of rotatable bonds is 4. The van der Waals surface area contributed by atoms with Gasteiger partial charge in [-0.05, 0) is 51.0 Å². The smallest absolute Gasteiger partial charge is 0.267 e. The molecule has 1 N–H and O–H groups in total. The van der Waals surface area contributed by atoms with E-state index in [0.717, 1.165) is 18.8 Å². The quantitative estimate of drug-likeness (QED) is 0.932. The van der Waals surface area contributed by atoms with Gasteiger partial charge in [-0.3, -0.25) is 9.40 Å². The van der Waals surface area contributed by atoms with Gasteiger partial charge in [0.05, 0.1) is 17.1 Å². The SMILES string of the molecule is Cc1n[nH]c(C)c1S(=O)(=O)N(C)c1ccc(N2CCCC2)cc1. The molecule has 0 spiro atoms. The van der Waals surface area contributed by atoms with Gasteiger partial charge in [0.2, 0.25) is 0 Å². The fourth-order valence-corrected chi connectivity index (χ4v) is 4.57. The molecule has 0 amide bonds.